The highest BCUT2D eigenvalue weighted by Crippen LogP contribution is 2.12. The third-order valence-corrected chi connectivity index (χ3v) is 3.00. The second kappa shape index (κ2) is 5.85. The third kappa shape index (κ3) is 3.02. The highest BCUT2D eigenvalue weighted by molar-refractivity contribution is 4.89. The summed E-state index contributed by atoms with van der Waals surface area (Å²) in [4.78, 5) is 4.30. The van der Waals surface area contributed by atoms with E-state index in [0.717, 1.165) is 25.2 Å². The Morgan fingerprint density at radius 2 is 2.20 bits per heavy atom. The van der Waals surface area contributed by atoms with Crippen LogP contribution in [-0.2, 0) is 13.0 Å². The first kappa shape index (κ1) is 12.2. The zero-order chi connectivity index (χ0) is 11.3. The van der Waals surface area contributed by atoms with E-state index in [1.807, 2.05) is 11.7 Å². The Morgan fingerprint density at radius 3 is 2.73 bits per heavy atom. The van der Waals surface area contributed by atoms with E-state index in [4.69, 9.17) is 0 Å². The first-order chi connectivity index (χ1) is 7.22. The van der Waals surface area contributed by atoms with Crippen molar-refractivity contribution in [2.45, 2.75) is 46.2 Å². The van der Waals surface area contributed by atoms with Crippen molar-refractivity contribution < 1.29 is 0 Å². The molecule has 0 saturated heterocycles. The number of nitrogens with one attached hydrogen (secondary N) is 1. The van der Waals surface area contributed by atoms with Crippen LogP contribution in [0.3, 0.4) is 0 Å². The molecule has 4 heteroatoms. The highest BCUT2D eigenvalue weighted by Gasteiger charge is 2.16. The first-order valence-electron chi connectivity index (χ1n) is 5.76. The summed E-state index contributed by atoms with van der Waals surface area (Å²) in [5, 5.41) is 7.53. The van der Waals surface area contributed by atoms with Gasteiger partial charge in [-0.3, -0.25) is 4.68 Å². The quantitative estimate of drug-likeness (QED) is 0.773. The van der Waals surface area contributed by atoms with Crippen molar-refractivity contribution in [2.24, 2.45) is 5.92 Å². The molecule has 1 rings (SSSR count). The van der Waals surface area contributed by atoms with Gasteiger partial charge in [-0.1, -0.05) is 13.8 Å². The molecular formula is C11H22N4. The molecule has 1 heterocycles. The summed E-state index contributed by atoms with van der Waals surface area (Å²) in [6.07, 6.45) is 3.79. The molecule has 2 atom stereocenters. The molecule has 0 fully saturated rings. The van der Waals surface area contributed by atoms with E-state index < -0.39 is 0 Å². The van der Waals surface area contributed by atoms with Crippen LogP contribution >= 0.6 is 0 Å². The Labute approximate surface area is 92.1 Å². The maximum absolute atomic E-state index is 4.30. The lowest BCUT2D eigenvalue weighted by molar-refractivity contribution is 0.374. The molecule has 1 aromatic rings. The zero-order valence-electron chi connectivity index (χ0n) is 10.2. The predicted molar refractivity (Wildman–Crippen MR) is 61.7 cm³/mol. The fourth-order valence-corrected chi connectivity index (χ4v) is 2.03. The second-order valence-corrected chi connectivity index (χ2v) is 3.98. The molecule has 1 aromatic heterocycles. The predicted octanol–water partition coefficient (Wildman–Crippen LogP) is 1.47. The summed E-state index contributed by atoms with van der Waals surface area (Å²) in [6.45, 7) is 7.47. The van der Waals surface area contributed by atoms with Crippen LogP contribution in [-0.4, -0.2) is 27.9 Å². The molecule has 0 aliphatic carbocycles. The van der Waals surface area contributed by atoms with Crippen molar-refractivity contribution in [2.75, 3.05) is 7.05 Å². The second-order valence-electron chi connectivity index (χ2n) is 3.98. The van der Waals surface area contributed by atoms with Crippen LogP contribution in [0.4, 0.5) is 0 Å². The van der Waals surface area contributed by atoms with Gasteiger partial charge in [0.05, 0.1) is 0 Å². The monoisotopic (exact) mass is 210 g/mol. The van der Waals surface area contributed by atoms with Gasteiger partial charge < -0.3 is 5.32 Å². The Morgan fingerprint density at radius 1 is 1.47 bits per heavy atom. The highest BCUT2D eigenvalue weighted by atomic mass is 15.3. The van der Waals surface area contributed by atoms with Gasteiger partial charge in [-0.2, -0.15) is 5.10 Å². The van der Waals surface area contributed by atoms with E-state index in [1.165, 1.54) is 0 Å². The fraction of sp³-hybridized carbons (Fsp3) is 0.818. The van der Waals surface area contributed by atoms with Gasteiger partial charge in [0.2, 0.25) is 0 Å². The van der Waals surface area contributed by atoms with Crippen LogP contribution in [0, 0.1) is 5.92 Å². The first-order valence-corrected chi connectivity index (χ1v) is 5.76. The molecule has 2 unspecified atom stereocenters. The van der Waals surface area contributed by atoms with E-state index in [-0.39, 0.29) is 0 Å². The van der Waals surface area contributed by atoms with Crippen LogP contribution in [0.5, 0.6) is 0 Å². The summed E-state index contributed by atoms with van der Waals surface area (Å²) in [6, 6.07) is 0.562. The SMILES string of the molecule is CCC(NC)C(C)Cc1ncnn1CC. The number of hydrogen-bond donors (Lipinski definition) is 1. The molecule has 4 nitrogen and oxygen atoms in total. The summed E-state index contributed by atoms with van der Waals surface area (Å²) < 4.78 is 1.97. The van der Waals surface area contributed by atoms with Gasteiger partial charge in [-0.05, 0) is 26.3 Å². The van der Waals surface area contributed by atoms with Crippen LogP contribution in [0.25, 0.3) is 0 Å². The maximum atomic E-state index is 4.30. The minimum absolute atomic E-state index is 0.562. The topological polar surface area (TPSA) is 42.7 Å². The summed E-state index contributed by atoms with van der Waals surface area (Å²) in [5.74, 6) is 1.69. The van der Waals surface area contributed by atoms with Gasteiger partial charge in [0.1, 0.15) is 12.2 Å². The molecule has 0 aliphatic rings. The Balaban J connectivity index is 2.60. The average Bonchev–Trinajstić information content (AvgIpc) is 2.67. The van der Waals surface area contributed by atoms with Crippen molar-refractivity contribution in [3.63, 3.8) is 0 Å². The molecule has 15 heavy (non-hydrogen) atoms. The molecule has 1 N–H and O–H groups in total. The lowest BCUT2D eigenvalue weighted by atomic mass is 9.96. The van der Waals surface area contributed by atoms with Crippen molar-refractivity contribution in [1.82, 2.24) is 20.1 Å². The molecule has 86 valence electrons. The summed E-state index contributed by atoms with van der Waals surface area (Å²) in [7, 11) is 2.02. The Bertz CT molecular complexity index is 278. The molecule has 0 saturated carbocycles. The number of rotatable bonds is 6. The van der Waals surface area contributed by atoms with Gasteiger partial charge in [0.25, 0.3) is 0 Å². The molecule has 0 amide bonds. The lowest BCUT2D eigenvalue weighted by Crippen LogP contribution is -2.33. The van der Waals surface area contributed by atoms with E-state index >= 15 is 0 Å². The van der Waals surface area contributed by atoms with Crippen LogP contribution in [0.2, 0.25) is 0 Å². The zero-order valence-corrected chi connectivity index (χ0v) is 10.2. The number of aryl methyl sites for hydroxylation is 1. The van der Waals surface area contributed by atoms with Crippen LogP contribution in [0.15, 0.2) is 6.33 Å². The average molecular weight is 210 g/mol. The smallest absolute Gasteiger partial charge is 0.138 e. The van der Waals surface area contributed by atoms with Gasteiger partial charge >= 0.3 is 0 Å². The summed E-state index contributed by atoms with van der Waals surface area (Å²) >= 11 is 0. The number of hydrogen-bond acceptors (Lipinski definition) is 3. The van der Waals surface area contributed by atoms with Crippen LogP contribution < -0.4 is 5.32 Å². The number of aromatic nitrogens is 3. The minimum atomic E-state index is 0.562. The largest absolute Gasteiger partial charge is 0.317 e. The maximum Gasteiger partial charge on any atom is 0.138 e. The Hall–Kier alpha value is -0.900. The van der Waals surface area contributed by atoms with Gasteiger partial charge in [0.15, 0.2) is 0 Å². The third-order valence-electron chi connectivity index (χ3n) is 3.00. The minimum Gasteiger partial charge on any atom is -0.317 e. The molecule has 0 aliphatic heterocycles. The Kier molecular flexibility index (Phi) is 4.75. The van der Waals surface area contributed by atoms with Gasteiger partial charge in [-0.15, -0.1) is 0 Å². The van der Waals surface area contributed by atoms with Gasteiger partial charge in [-0.25, -0.2) is 4.98 Å². The summed E-state index contributed by atoms with van der Waals surface area (Å²) in [5.41, 5.74) is 0. The van der Waals surface area contributed by atoms with Crippen molar-refractivity contribution >= 4 is 0 Å². The van der Waals surface area contributed by atoms with Crippen molar-refractivity contribution in [3.8, 4) is 0 Å². The fourth-order valence-electron chi connectivity index (χ4n) is 2.03. The lowest BCUT2D eigenvalue weighted by Gasteiger charge is -2.21. The van der Waals surface area contributed by atoms with E-state index in [2.05, 4.69) is 36.2 Å². The molecule has 0 aromatic carbocycles. The van der Waals surface area contributed by atoms with Crippen molar-refractivity contribution in [3.05, 3.63) is 12.2 Å². The normalized spacial score (nSPS) is 15.2. The van der Waals surface area contributed by atoms with E-state index in [1.54, 1.807) is 6.33 Å². The molecule has 0 bridgehead atoms. The standard InChI is InChI=1S/C11H22N4/c1-5-10(12-4)9(3)7-11-13-8-14-15(11)6-2/h8-10,12H,5-7H2,1-4H3. The van der Waals surface area contributed by atoms with E-state index in [0.29, 0.717) is 12.0 Å². The molecular weight excluding hydrogens is 188 g/mol. The van der Waals surface area contributed by atoms with Gasteiger partial charge in [0, 0.05) is 19.0 Å². The van der Waals surface area contributed by atoms with Crippen molar-refractivity contribution in [1.29, 1.82) is 0 Å². The molecule has 0 radical (unpaired) electrons. The van der Waals surface area contributed by atoms with Crippen LogP contribution in [0.1, 0.15) is 33.0 Å². The van der Waals surface area contributed by atoms with E-state index in [9.17, 15) is 0 Å². The molecule has 0 spiro atoms. The number of nitrogens with zero attached hydrogens (tertiary/aromatic N) is 3.